The number of rotatable bonds is 2. The Labute approximate surface area is 122 Å². The molecule has 0 atom stereocenters. The lowest BCUT2D eigenvalue weighted by atomic mass is 10.1. The molecule has 0 aromatic heterocycles. The SMILES string of the molecule is COc1ccc2c(c1)/C=C\C=C/C(c1ccc(F)cc1)=N2. The van der Waals surface area contributed by atoms with E-state index < -0.39 is 0 Å². The first-order valence-electron chi connectivity index (χ1n) is 6.64. The zero-order chi connectivity index (χ0) is 14.7. The van der Waals surface area contributed by atoms with E-state index in [2.05, 4.69) is 4.99 Å². The molecule has 0 amide bonds. The third-order valence-electron chi connectivity index (χ3n) is 3.26. The highest BCUT2D eigenvalue weighted by atomic mass is 19.1. The van der Waals surface area contributed by atoms with Gasteiger partial charge in [-0.15, -0.1) is 0 Å². The highest BCUT2D eigenvalue weighted by Gasteiger charge is 2.06. The van der Waals surface area contributed by atoms with Crippen molar-refractivity contribution in [1.82, 2.24) is 0 Å². The van der Waals surface area contributed by atoms with Crippen LogP contribution in [0, 0.1) is 5.82 Å². The number of ether oxygens (including phenoxy) is 1. The predicted octanol–water partition coefficient (Wildman–Crippen LogP) is 4.54. The van der Waals surface area contributed by atoms with Gasteiger partial charge in [0.05, 0.1) is 18.5 Å². The van der Waals surface area contributed by atoms with E-state index in [-0.39, 0.29) is 5.82 Å². The van der Waals surface area contributed by atoms with Gasteiger partial charge in [0.15, 0.2) is 0 Å². The second-order valence-corrected chi connectivity index (χ2v) is 4.65. The number of halogens is 1. The van der Waals surface area contributed by atoms with Crippen LogP contribution in [0.2, 0.25) is 0 Å². The molecule has 0 fully saturated rings. The first-order chi connectivity index (χ1) is 10.3. The number of hydrogen-bond acceptors (Lipinski definition) is 2. The standard InChI is InChI=1S/C18H14FNO/c1-21-16-10-11-18-14(12-16)4-2-3-5-17(20-18)13-6-8-15(19)9-7-13/h2-12H,1H3/b3-2?,4-2-,5-3-,14-4?,17-5?,20-17?,20-18?. The van der Waals surface area contributed by atoms with Crippen molar-refractivity contribution in [2.24, 2.45) is 4.99 Å². The van der Waals surface area contributed by atoms with Crippen LogP contribution < -0.4 is 4.74 Å². The average molecular weight is 279 g/mol. The minimum Gasteiger partial charge on any atom is -0.497 e. The van der Waals surface area contributed by atoms with E-state index in [0.717, 1.165) is 28.3 Å². The lowest BCUT2D eigenvalue weighted by Gasteiger charge is -2.09. The van der Waals surface area contributed by atoms with Crippen molar-refractivity contribution in [1.29, 1.82) is 0 Å². The van der Waals surface area contributed by atoms with Crippen LogP contribution in [-0.2, 0) is 0 Å². The lowest BCUT2D eigenvalue weighted by Crippen LogP contribution is -1.97. The van der Waals surface area contributed by atoms with E-state index in [1.165, 1.54) is 12.1 Å². The molecule has 0 unspecified atom stereocenters. The van der Waals surface area contributed by atoms with Crippen molar-refractivity contribution >= 4 is 17.5 Å². The molecule has 104 valence electrons. The van der Waals surface area contributed by atoms with E-state index in [1.54, 1.807) is 19.2 Å². The largest absolute Gasteiger partial charge is 0.497 e. The van der Waals surface area contributed by atoms with E-state index in [0.29, 0.717) is 0 Å². The number of methoxy groups -OCH3 is 1. The van der Waals surface area contributed by atoms with Gasteiger partial charge < -0.3 is 4.74 Å². The van der Waals surface area contributed by atoms with Crippen LogP contribution >= 0.6 is 0 Å². The summed E-state index contributed by atoms with van der Waals surface area (Å²) in [6.45, 7) is 0. The molecule has 2 aromatic rings. The number of allylic oxidation sites excluding steroid dienone is 3. The maximum absolute atomic E-state index is 13.0. The van der Waals surface area contributed by atoms with Crippen LogP contribution in [0.25, 0.3) is 6.08 Å². The number of fused-ring (bicyclic) bond motifs is 1. The molecule has 1 aliphatic rings. The number of nitrogens with zero attached hydrogens (tertiary/aromatic N) is 1. The fourth-order valence-electron chi connectivity index (χ4n) is 2.15. The fourth-order valence-corrected chi connectivity index (χ4v) is 2.15. The van der Waals surface area contributed by atoms with Crippen LogP contribution in [0.3, 0.4) is 0 Å². The highest BCUT2D eigenvalue weighted by molar-refractivity contribution is 6.10. The molecule has 3 heteroatoms. The van der Waals surface area contributed by atoms with Gasteiger partial charge >= 0.3 is 0 Å². The quantitative estimate of drug-likeness (QED) is 0.791. The van der Waals surface area contributed by atoms with Crippen molar-refractivity contribution in [3.05, 3.63) is 77.6 Å². The Hall–Kier alpha value is -2.68. The Balaban J connectivity index is 2.08. The molecule has 0 bridgehead atoms. The van der Waals surface area contributed by atoms with Crippen molar-refractivity contribution < 1.29 is 9.13 Å². The normalized spacial score (nSPS) is 16.2. The zero-order valence-corrected chi connectivity index (χ0v) is 11.6. The molecular formula is C18H14FNO. The minimum absolute atomic E-state index is 0.251. The Morgan fingerprint density at radius 2 is 1.71 bits per heavy atom. The van der Waals surface area contributed by atoms with Gasteiger partial charge in [0.25, 0.3) is 0 Å². The van der Waals surface area contributed by atoms with E-state index in [4.69, 9.17) is 4.74 Å². The Bertz CT molecular complexity index is 742. The van der Waals surface area contributed by atoms with Gasteiger partial charge in [0, 0.05) is 11.1 Å². The summed E-state index contributed by atoms with van der Waals surface area (Å²) in [5.41, 5.74) is 3.52. The van der Waals surface area contributed by atoms with Crippen LogP contribution in [0.4, 0.5) is 10.1 Å². The number of aliphatic imine (C=N–C) groups is 1. The molecule has 0 aliphatic carbocycles. The van der Waals surface area contributed by atoms with E-state index >= 15 is 0 Å². The topological polar surface area (TPSA) is 21.6 Å². The average Bonchev–Trinajstić information content (AvgIpc) is 2.49. The molecule has 2 aromatic carbocycles. The molecule has 0 saturated carbocycles. The van der Waals surface area contributed by atoms with Gasteiger partial charge in [-0.25, -0.2) is 9.38 Å². The summed E-state index contributed by atoms with van der Waals surface area (Å²) in [6.07, 6.45) is 7.78. The molecule has 0 spiro atoms. The smallest absolute Gasteiger partial charge is 0.123 e. The molecule has 0 radical (unpaired) electrons. The molecular weight excluding hydrogens is 265 g/mol. The second kappa shape index (κ2) is 5.75. The number of benzene rings is 2. The first kappa shape index (κ1) is 13.3. The maximum Gasteiger partial charge on any atom is 0.123 e. The van der Waals surface area contributed by atoms with Crippen LogP contribution in [0.5, 0.6) is 5.75 Å². The Kier molecular flexibility index (Phi) is 3.65. The lowest BCUT2D eigenvalue weighted by molar-refractivity contribution is 0.415. The van der Waals surface area contributed by atoms with Crippen LogP contribution in [0.1, 0.15) is 11.1 Å². The molecule has 1 aliphatic heterocycles. The monoisotopic (exact) mass is 279 g/mol. The van der Waals surface area contributed by atoms with Crippen LogP contribution in [-0.4, -0.2) is 12.8 Å². The molecule has 0 saturated heterocycles. The Morgan fingerprint density at radius 3 is 2.48 bits per heavy atom. The number of hydrogen-bond donors (Lipinski definition) is 0. The molecule has 21 heavy (non-hydrogen) atoms. The summed E-state index contributed by atoms with van der Waals surface area (Å²) in [5.74, 6) is 0.542. The van der Waals surface area contributed by atoms with Gasteiger partial charge in [0.1, 0.15) is 11.6 Å². The van der Waals surface area contributed by atoms with Gasteiger partial charge in [-0.1, -0.05) is 18.2 Å². The molecule has 0 N–H and O–H groups in total. The summed E-state index contributed by atoms with van der Waals surface area (Å²) >= 11 is 0. The van der Waals surface area contributed by atoms with Crippen molar-refractivity contribution in [2.75, 3.05) is 7.11 Å². The summed E-state index contributed by atoms with van der Waals surface area (Å²) in [6, 6.07) is 12.1. The minimum atomic E-state index is -0.251. The van der Waals surface area contributed by atoms with Crippen LogP contribution in [0.15, 0.2) is 65.7 Å². The summed E-state index contributed by atoms with van der Waals surface area (Å²) in [5, 5.41) is 0. The molecule has 2 nitrogen and oxygen atoms in total. The highest BCUT2D eigenvalue weighted by Crippen LogP contribution is 2.27. The molecule has 3 rings (SSSR count). The van der Waals surface area contributed by atoms with E-state index in [1.807, 2.05) is 42.5 Å². The zero-order valence-electron chi connectivity index (χ0n) is 11.6. The predicted molar refractivity (Wildman–Crippen MR) is 83.8 cm³/mol. The van der Waals surface area contributed by atoms with Gasteiger partial charge in [-0.3, -0.25) is 0 Å². The van der Waals surface area contributed by atoms with Crippen molar-refractivity contribution in [2.45, 2.75) is 0 Å². The van der Waals surface area contributed by atoms with Crippen molar-refractivity contribution in [3.8, 4) is 5.75 Å². The Morgan fingerprint density at radius 1 is 0.952 bits per heavy atom. The van der Waals surface area contributed by atoms with E-state index in [9.17, 15) is 4.39 Å². The maximum atomic E-state index is 13.0. The fraction of sp³-hybridized carbons (Fsp3) is 0.0556. The van der Waals surface area contributed by atoms with Gasteiger partial charge in [-0.2, -0.15) is 0 Å². The molecule has 1 heterocycles. The second-order valence-electron chi connectivity index (χ2n) is 4.65. The van der Waals surface area contributed by atoms with Gasteiger partial charge in [0.2, 0.25) is 0 Å². The van der Waals surface area contributed by atoms with Crippen molar-refractivity contribution in [3.63, 3.8) is 0 Å². The summed E-state index contributed by atoms with van der Waals surface area (Å²) in [4.78, 5) is 4.68. The first-order valence-corrected chi connectivity index (χ1v) is 6.64. The third-order valence-corrected chi connectivity index (χ3v) is 3.26. The van der Waals surface area contributed by atoms with Gasteiger partial charge in [-0.05, 0) is 48.5 Å². The summed E-state index contributed by atoms with van der Waals surface area (Å²) in [7, 11) is 1.64. The third kappa shape index (κ3) is 2.92. The summed E-state index contributed by atoms with van der Waals surface area (Å²) < 4.78 is 18.3.